The van der Waals surface area contributed by atoms with Gasteiger partial charge in [-0.05, 0) is 62.3 Å². The molecule has 1 atom stereocenters. The van der Waals surface area contributed by atoms with Crippen LogP contribution in [-0.2, 0) is 4.79 Å². The van der Waals surface area contributed by atoms with Gasteiger partial charge in [0.25, 0.3) is 5.91 Å². The van der Waals surface area contributed by atoms with Crippen molar-refractivity contribution in [2.75, 3.05) is 5.32 Å². The number of anilines is 1. The third kappa shape index (κ3) is 3.60. The van der Waals surface area contributed by atoms with Crippen LogP contribution in [0.2, 0.25) is 0 Å². The van der Waals surface area contributed by atoms with E-state index in [4.69, 9.17) is 12.2 Å². The first-order chi connectivity index (χ1) is 12.4. The number of benzene rings is 2. The van der Waals surface area contributed by atoms with Gasteiger partial charge < -0.3 is 16.0 Å². The van der Waals surface area contributed by atoms with Gasteiger partial charge in [-0.15, -0.1) is 0 Å². The summed E-state index contributed by atoms with van der Waals surface area (Å²) in [5, 5.41) is 9.22. The Morgan fingerprint density at radius 3 is 2.54 bits per heavy atom. The molecule has 1 aliphatic rings. The Morgan fingerprint density at radius 1 is 1.12 bits per heavy atom. The summed E-state index contributed by atoms with van der Waals surface area (Å²) in [6.07, 6.45) is 0. The van der Waals surface area contributed by atoms with Crippen LogP contribution in [0.15, 0.2) is 53.7 Å². The van der Waals surface area contributed by atoms with Crippen LogP contribution in [0.5, 0.6) is 0 Å². The number of hydrogen-bond acceptors (Lipinski definition) is 2. The summed E-state index contributed by atoms with van der Waals surface area (Å²) in [5.74, 6) is -0.694. The third-order valence-electron chi connectivity index (χ3n) is 4.49. The first-order valence-corrected chi connectivity index (χ1v) is 8.69. The van der Waals surface area contributed by atoms with Crippen LogP contribution in [0.3, 0.4) is 0 Å². The highest BCUT2D eigenvalue weighted by Gasteiger charge is 2.31. The van der Waals surface area contributed by atoms with E-state index < -0.39 is 6.04 Å². The molecular formula is C20H20FN3OS. The number of nitrogens with one attached hydrogen (secondary N) is 3. The Labute approximate surface area is 157 Å². The first-order valence-electron chi connectivity index (χ1n) is 8.28. The molecule has 26 heavy (non-hydrogen) atoms. The summed E-state index contributed by atoms with van der Waals surface area (Å²) >= 11 is 5.19. The summed E-state index contributed by atoms with van der Waals surface area (Å²) in [6, 6.07) is 11.4. The van der Waals surface area contributed by atoms with Crippen molar-refractivity contribution >= 4 is 28.9 Å². The van der Waals surface area contributed by atoms with Crippen LogP contribution >= 0.6 is 12.2 Å². The average molecular weight is 369 g/mol. The molecule has 4 nitrogen and oxygen atoms in total. The molecule has 1 aliphatic heterocycles. The molecule has 0 spiro atoms. The Hall–Kier alpha value is -2.73. The highest BCUT2D eigenvalue weighted by atomic mass is 32.1. The Balaban J connectivity index is 1.97. The molecule has 0 saturated carbocycles. The second-order valence-electron chi connectivity index (χ2n) is 6.34. The van der Waals surface area contributed by atoms with Gasteiger partial charge in [-0.1, -0.05) is 24.3 Å². The van der Waals surface area contributed by atoms with E-state index in [0.717, 1.165) is 11.1 Å². The van der Waals surface area contributed by atoms with Crippen LogP contribution < -0.4 is 16.0 Å². The molecule has 0 unspecified atom stereocenters. The lowest BCUT2D eigenvalue weighted by atomic mass is 9.94. The van der Waals surface area contributed by atoms with Gasteiger partial charge in [0.2, 0.25) is 0 Å². The van der Waals surface area contributed by atoms with E-state index in [1.165, 1.54) is 6.07 Å². The largest absolute Gasteiger partial charge is 0.351 e. The molecule has 1 amide bonds. The Bertz CT molecular complexity index is 923. The first kappa shape index (κ1) is 18.1. The minimum atomic E-state index is -0.656. The minimum absolute atomic E-state index is 0.304. The predicted molar refractivity (Wildman–Crippen MR) is 105 cm³/mol. The lowest BCUT2D eigenvalue weighted by Crippen LogP contribution is -2.46. The Kier molecular flexibility index (Phi) is 5.04. The van der Waals surface area contributed by atoms with Crippen LogP contribution in [0, 0.1) is 19.7 Å². The van der Waals surface area contributed by atoms with Crippen LogP contribution in [-0.4, -0.2) is 11.0 Å². The molecule has 3 N–H and O–H groups in total. The quantitative estimate of drug-likeness (QED) is 0.719. The van der Waals surface area contributed by atoms with Gasteiger partial charge in [-0.3, -0.25) is 4.79 Å². The second kappa shape index (κ2) is 7.25. The minimum Gasteiger partial charge on any atom is -0.351 e. The summed E-state index contributed by atoms with van der Waals surface area (Å²) in [4.78, 5) is 13.0. The molecule has 0 aliphatic carbocycles. The zero-order valence-electron chi connectivity index (χ0n) is 14.8. The van der Waals surface area contributed by atoms with E-state index in [0.29, 0.717) is 27.6 Å². The zero-order valence-corrected chi connectivity index (χ0v) is 15.6. The van der Waals surface area contributed by atoms with Crippen molar-refractivity contribution in [1.82, 2.24) is 10.6 Å². The van der Waals surface area contributed by atoms with Crippen LogP contribution in [0.25, 0.3) is 0 Å². The fraction of sp³-hybridized carbons (Fsp3) is 0.200. The SMILES string of the molecule is CC1=C(C(=O)Nc2ccc(C)c(C)c2)[C@@H](c2ccccc2F)NC(=S)N1. The average Bonchev–Trinajstić information content (AvgIpc) is 2.57. The maximum absolute atomic E-state index is 14.3. The topological polar surface area (TPSA) is 53.2 Å². The van der Waals surface area contributed by atoms with E-state index >= 15 is 0 Å². The maximum atomic E-state index is 14.3. The smallest absolute Gasteiger partial charge is 0.255 e. The van der Waals surface area contributed by atoms with Gasteiger partial charge in [-0.25, -0.2) is 4.39 Å². The molecule has 0 aromatic heterocycles. The molecule has 0 radical (unpaired) electrons. The molecule has 0 bridgehead atoms. The van der Waals surface area contributed by atoms with Crippen molar-refractivity contribution in [3.05, 3.63) is 76.2 Å². The van der Waals surface area contributed by atoms with E-state index in [-0.39, 0.29) is 11.7 Å². The molecule has 2 aromatic carbocycles. The summed E-state index contributed by atoms with van der Waals surface area (Å²) < 4.78 is 14.3. The standard InChI is InChI=1S/C20H20FN3OS/c1-11-8-9-14(10-12(11)2)23-19(25)17-13(3)22-20(26)24-18(17)15-6-4-5-7-16(15)21/h4-10,18H,1-3H3,(H,23,25)(H2,22,24,26)/t18-/m1/s1. The lowest BCUT2D eigenvalue weighted by molar-refractivity contribution is -0.113. The van der Waals surface area contributed by atoms with E-state index in [1.807, 2.05) is 32.0 Å². The number of rotatable bonds is 3. The highest BCUT2D eigenvalue weighted by Crippen LogP contribution is 2.29. The van der Waals surface area contributed by atoms with E-state index in [9.17, 15) is 9.18 Å². The molecule has 0 fully saturated rings. The molecule has 1 heterocycles. The lowest BCUT2D eigenvalue weighted by Gasteiger charge is -2.30. The van der Waals surface area contributed by atoms with Crippen molar-refractivity contribution in [1.29, 1.82) is 0 Å². The highest BCUT2D eigenvalue weighted by molar-refractivity contribution is 7.80. The number of amides is 1. The number of carbonyl (C=O) groups is 1. The number of thiocarbonyl (C=S) groups is 1. The third-order valence-corrected chi connectivity index (χ3v) is 4.71. The van der Waals surface area contributed by atoms with Crippen molar-refractivity contribution < 1.29 is 9.18 Å². The van der Waals surface area contributed by atoms with Crippen LogP contribution in [0.1, 0.15) is 29.7 Å². The fourth-order valence-electron chi connectivity index (χ4n) is 2.95. The monoisotopic (exact) mass is 369 g/mol. The number of carbonyl (C=O) groups excluding carboxylic acids is 1. The van der Waals surface area contributed by atoms with Crippen molar-refractivity contribution in [3.63, 3.8) is 0 Å². The second-order valence-corrected chi connectivity index (χ2v) is 6.75. The van der Waals surface area contributed by atoms with Crippen molar-refractivity contribution in [2.45, 2.75) is 26.8 Å². The van der Waals surface area contributed by atoms with Gasteiger partial charge in [0.1, 0.15) is 5.82 Å². The van der Waals surface area contributed by atoms with Crippen molar-refractivity contribution in [2.24, 2.45) is 0 Å². The number of aryl methyl sites for hydroxylation is 2. The number of allylic oxidation sites excluding steroid dienone is 1. The van der Waals surface area contributed by atoms with Gasteiger partial charge in [0, 0.05) is 16.9 Å². The van der Waals surface area contributed by atoms with Gasteiger partial charge in [0.05, 0.1) is 11.6 Å². The molecule has 2 aromatic rings. The van der Waals surface area contributed by atoms with E-state index in [2.05, 4.69) is 16.0 Å². The summed E-state index contributed by atoms with van der Waals surface area (Å²) in [7, 11) is 0. The number of hydrogen-bond donors (Lipinski definition) is 3. The predicted octanol–water partition coefficient (Wildman–Crippen LogP) is 3.87. The van der Waals surface area contributed by atoms with Gasteiger partial charge in [-0.2, -0.15) is 0 Å². The fourth-order valence-corrected chi connectivity index (χ4v) is 3.23. The summed E-state index contributed by atoms with van der Waals surface area (Å²) in [5.41, 5.74) is 4.30. The maximum Gasteiger partial charge on any atom is 0.255 e. The van der Waals surface area contributed by atoms with Crippen molar-refractivity contribution in [3.8, 4) is 0 Å². The summed E-state index contributed by atoms with van der Waals surface area (Å²) in [6.45, 7) is 5.76. The normalized spacial score (nSPS) is 16.8. The molecule has 6 heteroatoms. The van der Waals surface area contributed by atoms with Crippen LogP contribution in [0.4, 0.5) is 10.1 Å². The molecule has 134 valence electrons. The Morgan fingerprint density at radius 2 is 1.85 bits per heavy atom. The molecule has 3 rings (SSSR count). The van der Waals surface area contributed by atoms with Gasteiger partial charge in [0.15, 0.2) is 5.11 Å². The van der Waals surface area contributed by atoms with Gasteiger partial charge >= 0.3 is 0 Å². The molecule has 0 saturated heterocycles. The zero-order chi connectivity index (χ0) is 18.8. The van der Waals surface area contributed by atoms with E-state index in [1.54, 1.807) is 25.1 Å². The molecular weight excluding hydrogens is 349 g/mol. The number of halogens is 1.